The van der Waals surface area contributed by atoms with Crippen molar-refractivity contribution in [2.45, 2.75) is 44.7 Å². The Kier molecular flexibility index (Phi) is 3.71. The van der Waals surface area contributed by atoms with Gasteiger partial charge in [-0.2, -0.15) is 0 Å². The van der Waals surface area contributed by atoms with Gasteiger partial charge in [-0.15, -0.1) is 0 Å². The van der Waals surface area contributed by atoms with E-state index in [0.29, 0.717) is 6.04 Å². The Labute approximate surface area is 109 Å². The van der Waals surface area contributed by atoms with Gasteiger partial charge in [-0.3, -0.25) is 0 Å². The van der Waals surface area contributed by atoms with Gasteiger partial charge in [0.1, 0.15) is 18.0 Å². The van der Waals surface area contributed by atoms with Crippen molar-refractivity contribution in [3.8, 4) is 0 Å². The fourth-order valence-corrected chi connectivity index (χ4v) is 2.09. The minimum absolute atomic E-state index is 0.235. The van der Waals surface area contributed by atoms with E-state index in [1.807, 2.05) is 27.0 Å². The van der Waals surface area contributed by atoms with Gasteiger partial charge >= 0.3 is 0 Å². The summed E-state index contributed by atoms with van der Waals surface area (Å²) >= 11 is 0. The molecule has 1 aliphatic carbocycles. The zero-order chi connectivity index (χ0) is 13.2. The molecule has 1 aliphatic rings. The summed E-state index contributed by atoms with van der Waals surface area (Å²) in [5.41, 5.74) is 5.79. The lowest BCUT2D eigenvalue weighted by molar-refractivity contribution is 0.444. The lowest BCUT2D eigenvalue weighted by atomic mass is 9.93. The normalized spacial score (nSPS) is 16.2. The van der Waals surface area contributed by atoms with Crippen LogP contribution in [0.3, 0.4) is 0 Å². The molecule has 5 nitrogen and oxygen atoms in total. The molecule has 1 aromatic rings. The summed E-state index contributed by atoms with van der Waals surface area (Å²) in [5, 5.41) is 3.43. The van der Waals surface area contributed by atoms with E-state index in [0.717, 1.165) is 18.2 Å². The molecule has 1 saturated carbocycles. The van der Waals surface area contributed by atoms with Crippen molar-refractivity contribution < 1.29 is 0 Å². The molecule has 18 heavy (non-hydrogen) atoms. The van der Waals surface area contributed by atoms with Crippen molar-refractivity contribution >= 4 is 11.6 Å². The molecule has 0 aliphatic heterocycles. The molecule has 0 amide bonds. The van der Waals surface area contributed by atoms with E-state index in [4.69, 9.17) is 5.73 Å². The summed E-state index contributed by atoms with van der Waals surface area (Å²) in [6.07, 6.45) is 5.41. The van der Waals surface area contributed by atoms with Gasteiger partial charge in [0.15, 0.2) is 0 Å². The molecule has 1 fully saturated rings. The molecule has 0 spiro atoms. The summed E-state index contributed by atoms with van der Waals surface area (Å²) in [5.74, 6) is 1.82. The van der Waals surface area contributed by atoms with Crippen molar-refractivity contribution in [1.29, 1.82) is 0 Å². The Morgan fingerprint density at radius 2 is 2.17 bits per heavy atom. The first-order valence-corrected chi connectivity index (χ1v) is 6.53. The fraction of sp³-hybridized carbons (Fsp3) is 0.692. The van der Waals surface area contributed by atoms with E-state index >= 15 is 0 Å². The van der Waals surface area contributed by atoms with Gasteiger partial charge in [0, 0.05) is 31.2 Å². The Morgan fingerprint density at radius 3 is 2.72 bits per heavy atom. The quantitative estimate of drug-likeness (QED) is 0.830. The van der Waals surface area contributed by atoms with E-state index in [9.17, 15) is 0 Å². The van der Waals surface area contributed by atoms with Crippen LogP contribution in [0.2, 0.25) is 0 Å². The van der Waals surface area contributed by atoms with Gasteiger partial charge in [-0.1, -0.05) is 0 Å². The van der Waals surface area contributed by atoms with Gasteiger partial charge in [0.2, 0.25) is 0 Å². The first-order valence-electron chi connectivity index (χ1n) is 6.53. The summed E-state index contributed by atoms with van der Waals surface area (Å²) in [6.45, 7) is 4.78. The third kappa shape index (κ3) is 3.57. The van der Waals surface area contributed by atoms with Crippen LogP contribution in [0, 0.1) is 0 Å². The number of likely N-dealkylation sites (N-methyl/N-ethyl adjacent to an activating group) is 1. The van der Waals surface area contributed by atoms with E-state index in [2.05, 4.69) is 20.2 Å². The predicted octanol–water partition coefficient (Wildman–Crippen LogP) is 1.61. The van der Waals surface area contributed by atoms with Crippen LogP contribution in [0.4, 0.5) is 11.6 Å². The first-order chi connectivity index (χ1) is 8.44. The molecule has 0 atom stereocenters. The molecule has 5 heteroatoms. The Balaban J connectivity index is 2.01. The van der Waals surface area contributed by atoms with E-state index in [1.54, 1.807) is 6.33 Å². The van der Waals surface area contributed by atoms with Crippen molar-refractivity contribution in [1.82, 2.24) is 9.97 Å². The number of anilines is 2. The van der Waals surface area contributed by atoms with Crippen molar-refractivity contribution in [3.63, 3.8) is 0 Å². The standard InChI is InChI=1S/C13H23N5/c1-13(2,14)8-18(3)12-7-11(15-9-16-12)17-10-5-4-6-10/h7,9-10H,4-6,8,14H2,1-3H3,(H,15,16,17). The molecular weight excluding hydrogens is 226 g/mol. The van der Waals surface area contributed by atoms with Crippen LogP contribution in [0.15, 0.2) is 12.4 Å². The topological polar surface area (TPSA) is 67.1 Å². The average molecular weight is 249 g/mol. The molecule has 0 saturated heterocycles. The summed E-state index contributed by atoms with van der Waals surface area (Å²) in [7, 11) is 2.00. The van der Waals surface area contributed by atoms with E-state index in [-0.39, 0.29) is 5.54 Å². The minimum atomic E-state index is -0.235. The summed E-state index contributed by atoms with van der Waals surface area (Å²) in [6, 6.07) is 2.58. The second-order valence-electron chi connectivity index (χ2n) is 5.88. The number of hydrogen-bond acceptors (Lipinski definition) is 5. The van der Waals surface area contributed by atoms with Gasteiger partial charge < -0.3 is 16.0 Å². The highest BCUT2D eigenvalue weighted by molar-refractivity contribution is 5.48. The van der Waals surface area contributed by atoms with Crippen LogP contribution in [0.5, 0.6) is 0 Å². The van der Waals surface area contributed by atoms with Gasteiger partial charge in [-0.05, 0) is 33.1 Å². The number of aromatic nitrogens is 2. The maximum absolute atomic E-state index is 6.02. The molecule has 0 unspecified atom stereocenters. The van der Waals surface area contributed by atoms with Gasteiger partial charge in [-0.25, -0.2) is 9.97 Å². The third-order valence-electron chi connectivity index (χ3n) is 3.15. The first kappa shape index (κ1) is 13.1. The smallest absolute Gasteiger partial charge is 0.133 e. The molecule has 100 valence electrons. The number of hydrogen-bond donors (Lipinski definition) is 2. The lowest BCUT2D eigenvalue weighted by Crippen LogP contribution is -2.44. The second kappa shape index (κ2) is 5.10. The highest BCUT2D eigenvalue weighted by Crippen LogP contribution is 2.23. The van der Waals surface area contributed by atoms with Crippen LogP contribution < -0.4 is 16.0 Å². The summed E-state index contributed by atoms with van der Waals surface area (Å²) < 4.78 is 0. The van der Waals surface area contributed by atoms with Crippen LogP contribution in [-0.4, -0.2) is 35.1 Å². The second-order valence-corrected chi connectivity index (χ2v) is 5.88. The molecule has 1 heterocycles. The highest BCUT2D eigenvalue weighted by atomic mass is 15.2. The maximum Gasteiger partial charge on any atom is 0.133 e. The van der Waals surface area contributed by atoms with Crippen LogP contribution in [0.1, 0.15) is 33.1 Å². The molecule has 0 bridgehead atoms. The number of nitrogens with one attached hydrogen (secondary N) is 1. The van der Waals surface area contributed by atoms with Gasteiger partial charge in [0.25, 0.3) is 0 Å². The molecule has 3 N–H and O–H groups in total. The number of nitrogens with two attached hydrogens (primary N) is 1. The molecule has 1 aromatic heterocycles. The maximum atomic E-state index is 6.02. The fourth-order valence-electron chi connectivity index (χ4n) is 2.09. The third-order valence-corrected chi connectivity index (χ3v) is 3.15. The van der Waals surface area contributed by atoms with Gasteiger partial charge in [0.05, 0.1) is 0 Å². The minimum Gasteiger partial charge on any atom is -0.367 e. The van der Waals surface area contributed by atoms with Crippen molar-refractivity contribution in [2.75, 3.05) is 23.8 Å². The van der Waals surface area contributed by atoms with Crippen molar-refractivity contribution in [2.24, 2.45) is 5.73 Å². The van der Waals surface area contributed by atoms with Crippen LogP contribution in [-0.2, 0) is 0 Å². The Hall–Kier alpha value is -1.36. The molecular formula is C13H23N5. The van der Waals surface area contributed by atoms with Crippen LogP contribution in [0.25, 0.3) is 0 Å². The SMILES string of the molecule is CN(CC(C)(C)N)c1cc(NC2CCC2)ncn1. The van der Waals surface area contributed by atoms with E-state index in [1.165, 1.54) is 19.3 Å². The summed E-state index contributed by atoms with van der Waals surface area (Å²) in [4.78, 5) is 10.6. The lowest BCUT2D eigenvalue weighted by Gasteiger charge is -2.29. The molecule has 2 rings (SSSR count). The monoisotopic (exact) mass is 249 g/mol. The number of rotatable bonds is 5. The van der Waals surface area contributed by atoms with Crippen molar-refractivity contribution in [3.05, 3.63) is 12.4 Å². The molecule has 0 aromatic carbocycles. The number of nitrogens with zero attached hydrogens (tertiary/aromatic N) is 3. The molecule has 0 radical (unpaired) electrons. The largest absolute Gasteiger partial charge is 0.367 e. The predicted molar refractivity (Wildman–Crippen MR) is 74.8 cm³/mol. The zero-order valence-corrected chi connectivity index (χ0v) is 11.5. The zero-order valence-electron chi connectivity index (χ0n) is 11.5. The average Bonchev–Trinajstić information content (AvgIpc) is 2.22. The van der Waals surface area contributed by atoms with Crippen LogP contribution >= 0.6 is 0 Å². The Bertz CT molecular complexity index is 395. The Morgan fingerprint density at radius 1 is 1.44 bits per heavy atom. The highest BCUT2D eigenvalue weighted by Gasteiger charge is 2.19. The van der Waals surface area contributed by atoms with E-state index < -0.39 is 0 Å².